The van der Waals surface area contributed by atoms with Crippen molar-refractivity contribution in [3.05, 3.63) is 47.9 Å². The van der Waals surface area contributed by atoms with E-state index in [9.17, 15) is 13.2 Å². The number of halogens is 3. The summed E-state index contributed by atoms with van der Waals surface area (Å²) in [6.07, 6.45) is -0.799. The van der Waals surface area contributed by atoms with Crippen LogP contribution in [0.1, 0.15) is 31.0 Å². The molecule has 7 heteroatoms. The maximum absolute atomic E-state index is 13.0. The second-order valence-electron chi connectivity index (χ2n) is 6.65. The summed E-state index contributed by atoms with van der Waals surface area (Å²) in [5.74, 6) is 0.889. The molecule has 1 aromatic heterocycles. The fourth-order valence-corrected chi connectivity index (χ4v) is 3.45. The monoisotopic (exact) mass is 364 g/mol. The Balaban J connectivity index is 1.82. The molecule has 1 unspecified atom stereocenters. The number of rotatable bonds is 4. The van der Waals surface area contributed by atoms with Crippen molar-refractivity contribution in [3.8, 4) is 0 Å². The Kier molecular flexibility index (Phi) is 5.34. The molecule has 3 rings (SSSR count). The highest BCUT2D eigenvalue weighted by atomic mass is 19.4. The van der Waals surface area contributed by atoms with Gasteiger partial charge in [0.05, 0.1) is 5.56 Å². The Bertz CT molecular complexity index is 748. The van der Waals surface area contributed by atoms with Gasteiger partial charge in [0.25, 0.3) is 0 Å². The van der Waals surface area contributed by atoms with E-state index in [-0.39, 0.29) is 6.04 Å². The van der Waals surface area contributed by atoms with Gasteiger partial charge in [-0.05, 0) is 31.5 Å². The standard InChI is InChI=1S/C19H23F3N4/c1-3-5-17-12-25(16-7-4-6-15(11-16)19(20,21)22)8-9-26(17)18-10-14(2)23-13-24-18/h4,6-7,10-11,13,17H,3,5,8-9,12H2,1-2H3. The summed E-state index contributed by atoms with van der Waals surface area (Å²) in [7, 11) is 0. The Morgan fingerprint density at radius 3 is 2.65 bits per heavy atom. The predicted octanol–water partition coefficient (Wildman–Crippen LogP) is 4.30. The van der Waals surface area contributed by atoms with Crippen LogP contribution in [0.15, 0.2) is 36.7 Å². The zero-order valence-electron chi connectivity index (χ0n) is 15.0. The highest BCUT2D eigenvalue weighted by Crippen LogP contribution is 2.32. The molecule has 4 nitrogen and oxygen atoms in total. The molecular formula is C19H23F3N4. The lowest BCUT2D eigenvalue weighted by molar-refractivity contribution is -0.137. The largest absolute Gasteiger partial charge is 0.416 e. The second kappa shape index (κ2) is 7.51. The van der Waals surface area contributed by atoms with Crippen LogP contribution < -0.4 is 9.80 Å². The minimum atomic E-state index is -4.32. The molecule has 0 aliphatic carbocycles. The Morgan fingerprint density at radius 1 is 1.15 bits per heavy atom. The van der Waals surface area contributed by atoms with Gasteiger partial charge in [-0.2, -0.15) is 13.2 Å². The van der Waals surface area contributed by atoms with Crippen molar-refractivity contribution < 1.29 is 13.2 Å². The Labute approximate surface area is 151 Å². The molecule has 1 aromatic carbocycles. The van der Waals surface area contributed by atoms with Crippen molar-refractivity contribution in [3.63, 3.8) is 0 Å². The van der Waals surface area contributed by atoms with Crippen LogP contribution >= 0.6 is 0 Å². The number of aromatic nitrogens is 2. The molecule has 2 aromatic rings. The Morgan fingerprint density at radius 2 is 1.96 bits per heavy atom. The molecule has 1 saturated heterocycles. The van der Waals surface area contributed by atoms with E-state index in [1.807, 2.05) is 17.9 Å². The van der Waals surface area contributed by atoms with Gasteiger partial charge in [0.1, 0.15) is 12.1 Å². The summed E-state index contributed by atoms with van der Waals surface area (Å²) in [6.45, 7) is 6.10. The van der Waals surface area contributed by atoms with Gasteiger partial charge in [-0.15, -0.1) is 0 Å². The van der Waals surface area contributed by atoms with Gasteiger partial charge < -0.3 is 9.80 Å². The van der Waals surface area contributed by atoms with E-state index in [1.54, 1.807) is 12.4 Å². The van der Waals surface area contributed by atoms with Crippen molar-refractivity contribution in [2.45, 2.75) is 38.9 Å². The van der Waals surface area contributed by atoms with Crippen LogP contribution in [0.2, 0.25) is 0 Å². The van der Waals surface area contributed by atoms with Crippen LogP contribution in [0.3, 0.4) is 0 Å². The molecule has 0 radical (unpaired) electrons. The maximum atomic E-state index is 13.0. The summed E-state index contributed by atoms with van der Waals surface area (Å²) in [5, 5.41) is 0. The first kappa shape index (κ1) is 18.5. The number of anilines is 2. The van der Waals surface area contributed by atoms with E-state index < -0.39 is 11.7 Å². The SMILES string of the molecule is CCCC1CN(c2cccc(C(F)(F)F)c2)CCN1c1cc(C)ncn1. The molecule has 1 aliphatic rings. The summed E-state index contributed by atoms with van der Waals surface area (Å²) in [5.41, 5.74) is 0.931. The molecule has 0 amide bonds. The van der Waals surface area contributed by atoms with Crippen molar-refractivity contribution in [2.24, 2.45) is 0 Å². The molecule has 1 atom stereocenters. The van der Waals surface area contributed by atoms with E-state index in [4.69, 9.17) is 0 Å². The molecule has 0 saturated carbocycles. The summed E-state index contributed by atoms with van der Waals surface area (Å²) >= 11 is 0. The summed E-state index contributed by atoms with van der Waals surface area (Å²) in [6, 6.07) is 7.76. The highest BCUT2D eigenvalue weighted by Gasteiger charge is 2.32. The molecule has 0 bridgehead atoms. The lowest BCUT2D eigenvalue weighted by Crippen LogP contribution is -2.53. The fraction of sp³-hybridized carbons (Fsp3) is 0.474. The van der Waals surface area contributed by atoms with Gasteiger partial charge in [-0.3, -0.25) is 0 Å². The van der Waals surface area contributed by atoms with Crippen LogP contribution in [-0.4, -0.2) is 35.6 Å². The maximum Gasteiger partial charge on any atom is 0.416 e. The molecule has 26 heavy (non-hydrogen) atoms. The first-order valence-corrected chi connectivity index (χ1v) is 8.86. The molecule has 140 valence electrons. The number of alkyl halides is 3. The van der Waals surface area contributed by atoms with Gasteiger partial charge >= 0.3 is 6.18 Å². The van der Waals surface area contributed by atoms with Crippen molar-refractivity contribution >= 4 is 11.5 Å². The third-order valence-corrected chi connectivity index (χ3v) is 4.73. The molecule has 2 heterocycles. The molecule has 0 spiro atoms. The first-order chi connectivity index (χ1) is 12.4. The summed E-state index contributed by atoms with van der Waals surface area (Å²) in [4.78, 5) is 12.8. The quantitative estimate of drug-likeness (QED) is 0.810. The summed E-state index contributed by atoms with van der Waals surface area (Å²) < 4.78 is 39.0. The van der Waals surface area contributed by atoms with Gasteiger partial charge in [-0.25, -0.2) is 9.97 Å². The van der Waals surface area contributed by atoms with Crippen LogP contribution in [0.5, 0.6) is 0 Å². The van der Waals surface area contributed by atoms with Gasteiger partial charge in [0.2, 0.25) is 0 Å². The van der Waals surface area contributed by atoms with Gasteiger partial charge in [0, 0.05) is 43.1 Å². The number of nitrogens with zero attached hydrogens (tertiary/aromatic N) is 4. The van der Waals surface area contributed by atoms with E-state index in [0.29, 0.717) is 18.8 Å². The van der Waals surface area contributed by atoms with Crippen LogP contribution in [-0.2, 0) is 6.18 Å². The van der Waals surface area contributed by atoms with Crippen molar-refractivity contribution in [2.75, 3.05) is 29.4 Å². The normalized spacial score (nSPS) is 18.3. The first-order valence-electron chi connectivity index (χ1n) is 8.86. The zero-order chi connectivity index (χ0) is 18.7. The van der Waals surface area contributed by atoms with E-state index in [0.717, 1.165) is 37.0 Å². The zero-order valence-corrected chi connectivity index (χ0v) is 15.0. The minimum absolute atomic E-state index is 0.206. The molecular weight excluding hydrogens is 341 g/mol. The van der Waals surface area contributed by atoms with E-state index >= 15 is 0 Å². The number of aryl methyl sites for hydroxylation is 1. The fourth-order valence-electron chi connectivity index (χ4n) is 3.45. The van der Waals surface area contributed by atoms with Crippen LogP contribution in [0.25, 0.3) is 0 Å². The topological polar surface area (TPSA) is 32.3 Å². The lowest BCUT2D eigenvalue weighted by Gasteiger charge is -2.43. The number of hydrogen-bond donors (Lipinski definition) is 0. The van der Waals surface area contributed by atoms with E-state index in [2.05, 4.69) is 21.8 Å². The Hall–Kier alpha value is -2.31. The van der Waals surface area contributed by atoms with Gasteiger partial charge in [0.15, 0.2) is 0 Å². The number of piperazine rings is 1. The predicted molar refractivity (Wildman–Crippen MR) is 96.5 cm³/mol. The average molecular weight is 364 g/mol. The highest BCUT2D eigenvalue weighted by molar-refractivity contribution is 5.52. The third-order valence-electron chi connectivity index (χ3n) is 4.73. The number of hydrogen-bond acceptors (Lipinski definition) is 4. The smallest absolute Gasteiger partial charge is 0.368 e. The van der Waals surface area contributed by atoms with Crippen molar-refractivity contribution in [1.29, 1.82) is 0 Å². The number of benzene rings is 1. The third kappa shape index (κ3) is 4.08. The second-order valence-corrected chi connectivity index (χ2v) is 6.65. The lowest BCUT2D eigenvalue weighted by atomic mass is 10.0. The molecule has 1 fully saturated rings. The average Bonchev–Trinajstić information content (AvgIpc) is 2.61. The van der Waals surface area contributed by atoms with Crippen molar-refractivity contribution in [1.82, 2.24) is 9.97 Å². The van der Waals surface area contributed by atoms with Crippen LogP contribution in [0.4, 0.5) is 24.7 Å². The van der Waals surface area contributed by atoms with E-state index in [1.165, 1.54) is 12.1 Å². The van der Waals surface area contributed by atoms with Crippen LogP contribution in [0, 0.1) is 6.92 Å². The van der Waals surface area contributed by atoms with Gasteiger partial charge in [-0.1, -0.05) is 19.4 Å². The molecule has 1 aliphatic heterocycles. The molecule has 0 N–H and O–H groups in total. The minimum Gasteiger partial charge on any atom is -0.368 e.